The molecule has 2 fully saturated rings. The van der Waals surface area contributed by atoms with Gasteiger partial charge in [-0.1, -0.05) is 63.2 Å². The SMILES string of the molecule is CC(C)(C)c1nc2ccccc2n1C1CN(C(=O)C2(c3ccccc3)CCOCC2)C1. The van der Waals surface area contributed by atoms with Crippen molar-refractivity contribution in [2.75, 3.05) is 26.3 Å². The summed E-state index contributed by atoms with van der Waals surface area (Å²) in [5, 5.41) is 0. The summed E-state index contributed by atoms with van der Waals surface area (Å²) in [4.78, 5) is 20.8. The van der Waals surface area contributed by atoms with Crippen molar-refractivity contribution in [3.8, 4) is 0 Å². The van der Waals surface area contributed by atoms with Crippen LogP contribution in [0.4, 0.5) is 0 Å². The average Bonchev–Trinajstić information content (AvgIpc) is 3.14. The van der Waals surface area contributed by atoms with E-state index in [2.05, 4.69) is 55.7 Å². The largest absolute Gasteiger partial charge is 0.381 e. The van der Waals surface area contributed by atoms with E-state index in [4.69, 9.17) is 9.72 Å². The van der Waals surface area contributed by atoms with E-state index in [9.17, 15) is 4.79 Å². The Morgan fingerprint density at radius 2 is 1.65 bits per heavy atom. The predicted octanol–water partition coefficient (Wildman–Crippen LogP) is 4.47. The van der Waals surface area contributed by atoms with Crippen LogP contribution in [0.5, 0.6) is 0 Å². The van der Waals surface area contributed by atoms with E-state index in [0.29, 0.717) is 13.2 Å². The number of carbonyl (C=O) groups excluding carboxylic acids is 1. The Balaban J connectivity index is 1.44. The Labute approximate surface area is 184 Å². The van der Waals surface area contributed by atoms with Crippen LogP contribution in [0.15, 0.2) is 54.6 Å². The highest BCUT2D eigenvalue weighted by molar-refractivity contribution is 5.89. The van der Waals surface area contributed by atoms with Crippen LogP contribution in [-0.2, 0) is 20.4 Å². The molecule has 0 saturated carbocycles. The van der Waals surface area contributed by atoms with Crippen molar-refractivity contribution >= 4 is 16.9 Å². The molecule has 162 valence electrons. The molecule has 5 nitrogen and oxygen atoms in total. The van der Waals surface area contributed by atoms with Gasteiger partial charge in [0.05, 0.1) is 22.5 Å². The molecule has 0 atom stereocenters. The molecule has 1 aromatic heterocycles. The highest BCUT2D eigenvalue weighted by Gasteiger charge is 2.47. The van der Waals surface area contributed by atoms with Crippen molar-refractivity contribution in [3.05, 3.63) is 66.0 Å². The fraction of sp³-hybridized carbons (Fsp3) is 0.462. The standard InChI is InChI=1S/C26H31N3O2/c1-25(2,3)23-27-21-11-7-8-12-22(21)29(23)20-17-28(18-20)24(30)26(13-15-31-16-14-26)19-9-5-4-6-10-19/h4-12,20H,13-18H2,1-3H3. The van der Waals surface area contributed by atoms with E-state index in [1.807, 2.05) is 29.2 Å². The van der Waals surface area contributed by atoms with Crippen LogP contribution >= 0.6 is 0 Å². The summed E-state index contributed by atoms with van der Waals surface area (Å²) in [5.41, 5.74) is 2.79. The van der Waals surface area contributed by atoms with Crippen molar-refractivity contribution in [2.45, 2.75) is 50.5 Å². The third-order valence-corrected chi connectivity index (χ3v) is 6.86. The number of rotatable bonds is 3. The van der Waals surface area contributed by atoms with Gasteiger partial charge in [-0.2, -0.15) is 0 Å². The fourth-order valence-corrected chi connectivity index (χ4v) is 5.13. The molecular formula is C26H31N3O2. The van der Waals surface area contributed by atoms with Crippen LogP contribution in [-0.4, -0.2) is 46.7 Å². The molecule has 2 aliphatic rings. The summed E-state index contributed by atoms with van der Waals surface area (Å²) in [6.45, 7) is 9.36. The van der Waals surface area contributed by atoms with Gasteiger partial charge in [-0.05, 0) is 30.5 Å². The number of hydrogen-bond donors (Lipinski definition) is 0. The Bertz CT molecular complexity index is 1080. The number of amides is 1. The number of para-hydroxylation sites is 2. The van der Waals surface area contributed by atoms with Crippen molar-refractivity contribution in [1.82, 2.24) is 14.5 Å². The molecule has 0 N–H and O–H groups in total. The molecule has 31 heavy (non-hydrogen) atoms. The number of fused-ring (bicyclic) bond motifs is 1. The molecular weight excluding hydrogens is 386 g/mol. The van der Waals surface area contributed by atoms with Crippen LogP contribution in [0.1, 0.15) is 51.0 Å². The molecule has 2 aliphatic heterocycles. The van der Waals surface area contributed by atoms with E-state index >= 15 is 0 Å². The Morgan fingerprint density at radius 1 is 1.00 bits per heavy atom. The molecule has 1 amide bonds. The maximum atomic E-state index is 13.8. The zero-order chi connectivity index (χ0) is 21.6. The molecule has 3 aromatic rings. The van der Waals surface area contributed by atoms with Crippen molar-refractivity contribution in [1.29, 1.82) is 0 Å². The predicted molar refractivity (Wildman–Crippen MR) is 122 cm³/mol. The smallest absolute Gasteiger partial charge is 0.233 e. The fourth-order valence-electron chi connectivity index (χ4n) is 5.13. The molecule has 0 spiro atoms. The summed E-state index contributed by atoms with van der Waals surface area (Å²) in [6, 6.07) is 18.9. The summed E-state index contributed by atoms with van der Waals surface area (Å²) >= 11 is 0. The van der Waals surface area contributed by atoms with E-state index in [1.165, 1.54) is 0 Å². The highest BCUT2D eigenvalue weighted by Crippen LogP contribution is 2.40. The van der Waals surface area contributed by atoms with Gasteiger partial charge >= 0.3 is 0 Å². The third-order valence-electron chi connectivity index (χ3n) is 6.86. The number of hydrogen-bond acceptors (Lipinski definition) is 3. The number of aromatic nitrogens is 2. The van der Waals surface area contributed by atoms with Gasteiger partial charge in [0.2, 0.25) is 5.91 Å². The number of carbonyl (C=O) groups is 1. The topological polar surface area (TPSA) is 47.4 Å². The van der Waals surface area contributed by atoms with E-state index in [1.54, 1.807) is 0 Å². The molecule has 0 aliphatic carbocycles. The van der Waals surface area contributed by atoms with Gasteiger partial charge in [0.1, 0.15) is 5.82 Å². The molecule has 5 rings (SSSR count). The summed E-state index contributed by atoms with van der Waals surface area (Å²) in [5.74, 6) is 1.34. The number of benzene rings is 2. The maximum Gasteiger partial charge on any atom is 0.233 e. The first-order chi connectivity index (χ1) is 14.9. The number of ether oxygens (including phenoxy) is 1. The normalized spacial score (nSPS) is 19.4. The molecule has 3 heterocycles. The second kappa shape index (κ2) is 7.49. The summed E-state index contributed by atoms with van der Waals surface area (Å²) in [7, 11) is 0. The lowest BCUT2D eigenvalue weighted by atomic mass is 9.72. The van der Waals surface area contributed by atoms with Crippen LogP contribution in [0.25, 0.3) is 11.0 Å². The Kier molecular flexibility index (Phi) is 4.89. The molecule has 0 unspecified atom stereocenters. The molecule has 2 saturated heterocycles. The maximum absolute atomic E-state index is 13.8. The van der Waals surface area contributed by atoms with Gasteiger partial charge < -0.3 is 14.2 Å². The average molecular weight is 418 g/mol. The highest BCUT2D eigenvalue weighted by atomic mass is 16.5. The first-order valence-electron chi connectivity index (χ1n) is 11.3. The van der Waals surface area contributed by atoms with Gasteiger partial charge in [0, 0.05) is 31.7 Å². The molecule has 0 radical (unpaired) electrons. The third kappa shape index (κ3) is 3.35. The number of imidazole rings is 1. The van der Waals surface area contributed by atoms with Crippen LogP contribution in [0.3, 0.4) is 0 Å². The second-order valence-electron chi connectivity index (χ2n) is 9.97. The van der Waals surface area contributed by atoms with Crippen LogP contribution in [0, 0.1) is 0 Å². The molecule has 0 bridgehead atoms. The molecule has 5 heteroatoms. The Morgan fingerprint density at radius 3 is 2.32 bits per heavy atom. The van der Waals surface area contributed by atoms with Crippen molar-refractivity contribution in [2.24, 2.45) is 0 Å². The summed E-state index contributed by atoms with van der Waals surface area (Å²) in [6.07, 6.45) is 1.50. The zero-order valence-corrected chi connectivity index (χ0v) is 18.7. The lowest BCUT2D eigenvalue weighted by Crippen LogP contribution is -2.58. The lowest BCUT2D eigenvalue weighted by molar-refractivity contribution is -0.147. The minimum absolute atomic E-state index is 0.0601. The van der Waals surface area contributed by atoms with Gasteiger partial charge in [-0.15, -0.1) is 0 Å². The Hall–Kier alpha value is -2.66. The second-order valence-corrected chi connectivity index (χ2v) is 9.97. The van der Waals surface area contributed by atoms with Gasteiger partial charge in [-0.25, -0.2) is 4.98 Å². The molecule has 2 aromatic carbocycles. The quantitative estimate of drug-likeness (QED) is 0.632. The minimum atomic E-state index is -0.464. The van der Waals surface area contributed by atoms with Gasteiger partial charge in [0.15, 0.2) is 0 Å². The first kappa shape index (κ1) is 20.3. The number of likely N-dealkylation sites (tertiary alicyclic amines) is 1. The van der Waals surface area contributed by atoms with E-state index in [0.717, 1.165) is 48.4 Å². The minimum Gasteiger partial charge on any atom is -0.381 e. The van der Waals surface area contributed by atoms with E-state index < -0.39 is 5.41 Å². The monoisotopic (exact) mass is 417 g/mol. The first-order valence-corrected chi connectivity index (χ1v) is 11.3. The van der Waals surface area contributed by atoms with Crippen molar-refractivity contribution < 1.29 is 9.53 Å². The summed E-state index contributed by atoms with van der Waals surface area (Å²) < 4.78 is 8.00. The van der Waals surface area contributed by atoms with Crippen LogP contribution in [0.2, 0.25) is 0 Å². The van der Waals surface area contributed by atoms with Crippen molar-refractivity contribution in [3.63, 3.8) is 0 Å². The van der Waals surface area contributed by atoms with E-state index in [-0.39, 0.29) is 17.4 Å². The zero-order valence-electron chi connectivity index (χ0n) is 18.7. The lowest BCUT2D eigenvalue weighted by Gasteiger charge is -2.47. The number of nitrogens with zero attached hydrogens (tertiary/aromatic N) is 3. The van der Waals surface area contributed by atoms with Gasteiger partial charge in [0.25, 0.3) is 0 Å². The van der Waals surface area contributed by atoms with Gasteiger partial charge in [-0.3, -0.25) is 4.79 Å². The van der Waals surface area contributed by atoms with Crippen LogP contribution < -0.4 is 0 Å².